The zero-order chi connectivity index (χ0) is 15.4. The number of para-hydroxylation sites is 1. The molecule has 6 rings (SSSR count). The van der Waals surface area contributed by atoms with E-state index in [4.69, 9.17) is 0 Å². The molecule has 1 aromatic rings. The average Bonchev–Trinajstić information content (AvgIpc) is 3.23. The molecular weight excluding hydrogens is 284 g/mol. The van der Waals surface area contributed by atoms with Gasteiger partial charge in [-0.25, -0.2) is 0 Å². The highest BCUT2D eigenvalue weighted by atomic mass is 16.3. The van der Waals surface area contributed by atoms with E-state index in [1.807, 2.05) is 0 Å². The Bertz CT molecular complexity index is 745. The van der Waals surface area contributed by atoms with Crippen LogP contribution in [0.25, 0.3) is 0 Å². The summed E-state index contributed by atoms with van der Waals surface area (Å²) in [7, 11) is 0. The van der Waals surface area contributed by atoms with Gasteiger partial charge in [-0.2, -0.15) is 0 Å². The van der Waals surface area contributed by atoms with Crippen molar-refractivity contribution < 1.29 is 5.11 Å². The lowest BCUT2D eigenvalue weighted by Crippen LogP contribution is -2.62. The topological polar surface area (TPSA) is 35.5 Å². The molecule has 0 aromatic heterocycles. The van der Waals surface area contributed by atoms with Crippen LogP contribution in [0.1, 0.15) is 25.3 Å². The van der Waals surface area contributed by atoms with E-state index in [9.17, 15) is 5.11 Å². The summed E-state index contributed by atoms with van der Waals surface area (Å²) in [5.41, 5.74) is 3.29. The Morgan fingerprint density at radius 3 is 3.09 bits per heavy atom. The Kier molecular flexibility index (Phi) is 2.08. The second kappa shape index (κ2) is 3.68. The van der Waals surface area contributed by atoms with Gasteiger partial charge in [-0.05, 0) is 36.9 Å². The van der Waals surface area contributed by atoms with Crippen molar-refractivity contribution in [3.63, 3.8) is 0 Å². The van der Waals surface area contributed by atoms with Crippen LogP contribution in [0.15, 0.2) is 36.4 Å². The third-order valence-corrected chi connectivity index (χ3v) is 8.34. The molecular formula is C20H24N2O. The molecule has 2 saturated carbocycles. The molecule has 3 fully saturated rings. The van der Waals surface area contributed by atoms with Crippen molar-refractivity contribution in [2.45, 2.75) is 36.8 Å². The van der Waals surface area contributed by atoms with Crippen molar-refractivity contribution in [3.8, 4) is 0 Å². The molecule has 1 aromatic carbocycles. The largest absolute Gasteiger partial charge is 0.396 e. The van der Waals surface area contributed by atoms with Gasteiger partial charge in [-0.3, -0.25) is 4.90 Å². The van der Waals surface area contributed by atoms with Crippen LogP contribution in [-0.4, -0.2) is 41.3 Å². The zero-order valence-electron chi connectivity index (χ0n) is 13.6. The average molecular weight is 308 g/mol. The van der Waals surface area contributed by atoms with E-state index in [1.165, 1.54) is 24.2 Å². The first-order valence-electron chi connectivity index (χ1n) is 9.11. The summed E-state index contributed by atoms with van der Waals surface area (Å²) >= 11 is 0. The predicted molar refractivity (Wildman–Crippen MR) is 90.4 cm³/mol. The van der Waals surface area contributed by atoms with Crippen molar-refractivity contribution in [3.05, 3.63) is 42.0 Å². The normalized spacial score (nSPS) is 51.5. The van der Waals surface area contributed by atoms with Crippen LogP contribution in [0.3, 0.4) is 0 Å². The number of hydrogen-bond acceptors (Lipinski definition) is 3. The van der Waals surface area contributed by atoms with E-state index in [0.29, 0.717) is 24.5 Å². The molecule has 3 aliphatic heterocycles. The third-order valence-electron chi connectivity index (χ3n) is 8.34. The van der Waals surface area contributed by atoms with Crippen LogP contribution in [-0.2, 0) is 5.41 Å². The Morgan fingerprint density at radius 2 is 2.22 bits per heavy atom. The van der Waals surface area contributed by atoms with Gasteiger partial charge in [0.05, 0.1) is 5.54 Å². The minimum absolute atomic E-state index is 0.0273. The van der Waals surface area contributed by atoms with Crippen molar-refractivity contribution >= 4 is 5.69 Å². The molecule has 2 aliphatic carbocycles. The van der Waals surface area contributed by atoms with E-state index < -0.39 is 0 Å². The van der Waals surface area contributed by atoms with Gasteiger partial charge in [0.1, 0.15) is 0 Å². The van der Waals surface area contributed by atoms with Gasteiger partial charge < -0.3 is 10.4 Å². The molecule has 2 N–H and O–H groups in total. The fraction of sp³-hybridized carbons (Fsp3) is 0.600. The summed E-state index contributed by atoms with van der Waals surface area (Å²) < 4.78 is 0. The molecule has 3 heteroatoms. The standard InChI is InChI=1S/C20H24N2O/c1-13-18-7-4-9-22-10-8-19(17(18)22)15-5-2-3-6-16(15)21-20(13,19)14(11-18)12-23/h2-7,13-14,17,21,23H,8-12H2,1H3/t13?,14-,17+,18-,19+,20-/m1/s1. The molecule has 0 amide bonds. The van der Waals surface area contributed by atoms with Crippen LogP contribution < -0.4 is 5.32 Å². The minimum Gasteiger partial charge on any atom is -0.396 e. The van der Waals surface area contributed by atoms with E-state index in [1.54, 1.807) is 0 Å². The molecule has 3 nitrogen and oxygen atoms in total. The highest BCUT2D eigenvalue weighted by molar-refractivity contribution is 5.71. The summed E-state index contributed by atoms with van der Waals surface area (Å²) in [6.45, 7) is 5.04. The molecule has 23 heavy (non-hydrogen) atoms. The van der Waals surface area contributed by atoms with Crippen molar-refractivity contribution in [2.24, 2.45) is 17.3 Å². The molecule has 5 aliphatic rings. The fourth-order valence-corrected chi connectivity index (χ4v) is 7.92. The van der Waals surface area contributed by atoms with Crippen molar-refractivity contribution in [1.29, 1.82) is 0 Å². The molecule has 3 spiro atoms. The van der Waals surface area contributed by atoms with Gasteiger partial charge in [0.15, 0.2) is 0 Å². The lowest BCUT2D eigenvalue weighted by molar-refractivity contribution is 0.0536. The predicted octanol–water partition coefficient (Wildman–Crippen LogP) is 2.38. The molecule has 1 unspecified atom stereocenters. The Balaban J connectivity index is 1.72. The van der Waals surface area contributed by atoms with E-state index in [0.717, 1.165) is 13.0 Å². The van der Waals surface area contributed by atoms with Gasteiger partial charge in [0.2, 0.25) is 0 Å². The maximum absolute atomic E-state index is 10.3. The summed E-state index contributed by atoms with van der Waals surface area (Å²) in [6.07, 6.45) is 7.29. The maximum atomic E-state index is 10.3. The number of anilines is 1. The molecule has 1 saturated heterocycles. The number of hydrogen-bond donors (Lipinski definition) is 2. The second-order valence-electron chi connectivity index (χ2n) is 8.48. The van der Waals surface area contributed by atoms with Gasteiger partial charge in [-0.15, -0.1) is 0 Å². The van der Waals surface area contributed by atoms with Gasteiger partial charge >= 0.3 is 0 Å². The van der Waals surface area contributed by atoms with Gasteiger partial charge in [-0.1, -0.05) is 37.3 Å². The summed E-state index contributed by atoms with van der Waals surface area (Å²) in [5.74, 6) is 0.910. The monoisotopic (exact) mass is 308 g/mol. The van der Waals surface area contributed by atoms with Gasteiger partial charge in [0.25, 0.3) is 0 Å². The van der Waals surface area contributed by atoms with Crippen molar-refractivity contribution in [2.75, 3.05) is 25.0 Å². The fourth-order valence-electron chi connectivity index (χ4n) is 7.92. The maximum Gasteiger partial charge on any atom is 0.0571 e. The zero-order valence-corrected chi connectivity index (χ0v) is 13.6. The number of nitrogens with one attached hydrogen (secondary N) is 1. The number of fused-ring (bicyclic) bond motifs is 1. The lowest BCUT2D eigenvalue weighted by atomic mass is 9.57. The molecule has 120 valence electrons. The number of aliphatic hydroxyl groups is 1. The molecule has 2 bridgehead atoms. The van der Waals surface area contributed by atoms with E-state index in [2.05, 4.69) is 53.6 Å². The third kappa shape index (κ3) is 1.03. The SMILES string of the molecule is CC1[C@]23Nc4ccccc4[C@]24CCN2CC=C[C@]1(C[C@@H]3CO)[C@H]24. The minimum atomic E-state index is 0.0273. The van der Waals surface area contributed by atoms with Crippen LogP contribution in [0, 0.1) is 17.3 Å². The first kappa shape index (κ1) is 13.0. The number of nitrogens with zero attached hydrogens (tertiary/aromatic N) is 1. The molecule has 6 atom stereocenters. The molecule has 3 heterocycles. The number of aliphatic hydroxyl groups excluding tert-OH is 1. The summed E-state index contributed by atoms with van der Waals surface area (Å²) in [4.78, 5) is 2.73. The highest BCUT2D eigenvalue weighted by Crippen LogP contribution is 2.78. The van der Waals surface area contributed by atoms with Crippen molar-refractivity contribution in [1.82, 2.24) is 4.90 Å². The van der Waals surface area contributed by atoms with Crippen LogP contribution >= 0.6 is 0 Å². The second-order valence-corrected chi connectivity index (χ2v) is 8.48. The smallest absolute Gasteiger partial charge is 0.0571 e. The van der Waals surface area contributed by atoms with Crippen LogP contribution in [0.5, 0.6) is 0 Å². The van der Waals surface area contributed by atoms with Gasteiger partial charge in [0, 0.05) is 41.6 Å². The Labute approximate surface area is 137 Å². The van der Waals surface area contributed by atoms with Crippen LogP contribution in [0.4, 0.5) is 5.69 Å². The molecule has 0 radical (unpaired) electrons. The first-order valence-corrected chi connectivity index (χ1v) is 9.11. The Hall–Kier alpha value is -1.32. The highest BCUT2D eigenvalue weighted by Gasteiger charge is 2.84. The van der Waals surface area contributed by atoms with E-state index in [-0.39, 0.29) is 16.4 Å². The first-order chi connectivity index (χ1) is 11.2. The number of rotatable bonds is 1. The Morgan fingerprint density at radius 1 is 1.35 bits per heavy atom. The quantitative estimate of drug-likeness (QED) is 0.782. The summed E-state index contributed by atoms with van der Waals surface area (Å²) in [5, 5.41) is 14.3. The summed E-state index contributed by atoms with van der Waals surface area (Å²) in [6, 6.07) is 9.56. The van der Waals surface area contributed by atoms with E-state index >= 15 is 0 Å². The lowest BCUT2D eigenvalue weighted by Gasteiger charge is -2.51. The number of benzene rings is 1. The van der Waals surface area contributed by atoms with Crippen LogP contribution in [0.2, 0.25) is 0 Å².